The van der Waals surface area contributed by atoms with Crippen LogP contribution in [0.1, 0.15) is 22.8 Å². The van der Waals surface area contributed by atoms with Crippen LogP contribution < -0.4 is 5.32 Å². The van der Waals surface area contributed by atoms with Crippen LogP contribution in [0.5, 0.6) is 0 Å². The number of aromatic nitrogens is 3. The molecule has 5 nitrogen and oxygen atoms in total. The number of nitrogens with zero attached hydrogens (tertiary/aromatic N) is 3. The van der Waals surface area contributed by atoms with Gasteiger partial charge in [0.15, 0.2) is 0 Å². The number of thioether (sulfide) groups is 1. The fourth-order valence-electron chi connectivity index (χ4n) is 2.29. The van der Waals surface area contributed by atoms with Crippen LogP contribution in [0.2, 0.25) is 0 Å². The molecule has 0 aliphatic heterocycles. The Hall–Kier alpha value is -2.60. The molecule has 1 aromatic carbocycles. The quantitative estimate of drug-likeness (QED) is 0.696. The predicted molar refractivity (Wildman–Crippen MR) is 96.4 cm³/mol. The van der Waals surface area contributed by atoms with Crippen molar-refractivity contribution in [1.82, 2.24) is 14.8 Å². The Morgan fingerprint density at radius 1 is 1.21 bits per heavy atom. The lowest BCUT2D eigenvalue weighted by Gasteiger charge is -2.11. The van der Waals surface area contributed by atoms with Crippen molar-refractivity contribution in [2.75, 3.05) is 11.1 Å². The molecule has 2 heterocycles. The molecule has 0 spiro atoms. The standard InChI is InChI=1S/C18H18N4OS/c1-2-24-17-9-8-14(12-19-17)18(23)21-16-7-4-3-6-15(16)13-22-11-5-10-20-22/h3-12H,2,13H2,1H3,(H,21,23). The number of rotatable bonds is 6. The van der Waals surface area contributed by atoms with E-state index >= 15 is 0 Å². The Morgan fingerprint density at radius 3 is 2.79 bits per heavy atom. The zero-order chi connectivity index (χ0) is 16.8. The summed E-state index contributed by atoms with van der Waals surface area (Å²) in [6.45, 7) is 2.68. The number of pyridine rings is 1. The van der Waals surface area contributed by atoms with Gasteiger partial charge in [-0.05, 0) is 35.6 Å². The average molecular weight is 338 g/mol. The normalized spacial score (nSPS) is 10.5. The van der Waals surface area contributed by atoms with Crippen LogP contribution in [0.3, 0.4) is 0 Å². The number of benzene rings is 1. The van der Waals surface area contributed by atoms with Crippen LogP contribution in [0.15, 0.2) is 66.1 Å². The molecule has 1 amide bonds. The van der Waals surface area contributed by atoms with Gasteiger partial charge in [-0.2, -0.15) is 5.10 Å². The first-order valence-corrected chi connectivity index (χ1v) is 8.70. The van der Waals surface area contributed by atoms with E-state index in [1.165, 1.54) is 0 Å². The minimum Gasteiger partial charge on any atom is -0.322 e. The molecule has 0 bridgehead atoms. The highest BCUT2D eigenvalue weighted by atomic mass is 32.2. The first-order chi connectivity index (χ1) is 11.8. The van der Waals surface area contributed by atoms with Crippen molar-refractivity contribution in [2.24, 2.45) is 0 Å². The number of para-hydroxylation sites is 1. The third-order valence-corrected chi connectivity index (χ3v) is 4.27. The molecule has 0 atom stereocenters. The summed E-state index contributed by atoms with van der Waals surface area (Å²) in [5.74, 6) is 0.794. The molecule has 24 heavy (non-hydrogen) atoms. The van der Waals surface area contributed by atoms with Gasteiger partial charge in [-0.1, -0.05) is 25.1 Å². The summed E-state index contributed by atoms with van der Waals surface area (Å²) < 4.78 is 1.82. The molecule has 2 aromatic heterocycles. The lowest BCUT2D eigenvalue weighted by molar-refractivity contribution is 0.102. The monoisotopic (exact) mass is 338 g/mol. The molecule has 0 aliphatic rings. The van der Waals surface area contributed by atoms with Crippen molar-refractivity contribution >= 4 is 23.4 Å². The van der Waals surface area contributed by atoms with Crippen LogP contribution in [0, 0.1) is 0 Å². The maximum absolute atomic E-state index is 12.5. The highest BCUT2D eigenvalue weighted by Crippen LogP contribution is 2.18. The van der Waals surface area contributed by atoms with E-state index in [0.717, 1.165) is 22.0 Å². The third kappa shape index (κ3) is 4.02. The molecule has 0 saturated heterocycles. The van der Waals surface area contributed by atoms with Crippen molar-refractivity contribution in [3.05, 3.63) is 72.2 Å². The highest BCUT2D eigenvalue weighted by molar-refractivity contribution is 7.99. The molecular weight excluding hydrogens is 320 g/mol. The smallest absolute Gasteiger partial charge is 0.257 e. The second-order valence-electron chi connectivity index (χ2n) is 5.13. The Balaban J connectivity index is 1.74. The molecule has 0 saturated carbocycles. The van der Waals surface area contributed by atoms with Gasteiger partial charge in [-0.25, -0.2) is 4.98 Å². The van der Waals surface area contributed by atoms with Gasteiger partial charge in [0.1, 0.15) is 0 Å². The van der Waals surface area contributed by atoms with Crippen molar-refractivity contribution < 1.29 is 4.79 Å². The second kappa shape index (κ2) is 7.79. The van der Waals surface area contributed by atoms with Crippen molar-refractivity contribution in [3.8, 4) is 0 Å². The zero-order valence-corrected chi connectivity index (χ0v) is 14.2. The Bertz CT molecular complexity index is 800. The highest BCUT2D eigenvalue weighted by Gasteiger charge is 2.10. The summed E-state index contributed by atoms with van der Waals surface area (Å²) in [5, 5.41) is 8.10. The molecule has 122 valence electrons. The molecule has 6 heteroatoms. The number of hydrogen-bond donors (Lipinski definition) is 1. The van der Waals surface area contributed by atoms with Crippen LogP contribution in [-0.4, -0.2) is 26.4 Å². The molecule has 0 fully saturated rings. The van der Waals surface area contributed by atoms with E-state index in [1.54, 1.807) is 30.2 Å². The first-order valence-electron chi connectivity index (χ1n) is 7.72. The van der Waals surface area contributed by atoms with Gasteiger partial charge in [-0.15, -0.1) is 11.8 Å². The van der Waals surface area contributed by atoms with E-state index in [0.29, 0.717) is 12.1 Å². The van der Waals surface area contributed by atoms with Gasteiger partial charge in [0.25, 0.3) is 5.91 Å². The summed E-state index contributed by atoms with van der Waals surface area (Å²) in [6.07, 6.45) is 5.25. The van der Waals surface area contributed by atoms with Gasteiger partial charge < -0.3 is 5.32 Å². The van der Waals surface area contributed by atoms with Crippen LogP contribution in [-0.2, 0) is 6.54 Å². The van der Waals surface area contributed by atoms with E-state index < -0.39 is 0 Å². The third-order valence-electron chi connectivity index (χ3n) is 3.45. The minimum absolute atomic E-state index is 0.163. The Morgan fingerprint density at radius 2 is 2.08 bits per heavy atom. The summed E-state index contributed by atoms with van der Waals surface area (Å²) in [6, 6.07) is 13.3. The van der Waals surface area contributed by atoms with Crippen LogP contribution >= 0.6 is 11.8 Å². The second-order valence-corrected chi connectivity index (χ2v) is 6.42. The maximum atomic E-state index is 12.5. The maximum Gasteiger partial charge on any atom is 0.257 e. The summed E-state index contributed by atoms with van der Waals surface area (Å²) >= 11 is 1.65. The predicted octanol–water partition coefficient (Wildman–Crippen LogP) is 3.69. The number of carbonyl (C=O) groups excluding carboxylic acids is 1. The van der Waals surface area contributed by atoms with Gasteiger partial charge in [-0.3, -0.25) is 9.48 Å². The van der Waals surface area contributed by atoms with Crippen molar-refractivity contribution in [2.45, 2.75) is 18.5 Å². The average Bonchev–Trinajstić information content (AvgIpc) is 3.11. The number of hydrogen-bond acceptors (Lipinski definition) is 4. The zero-order valence-electron chi connectivity index (χ0n) is 13.3. The molecule has 3 aromatic rings. The van der Waals surface area contributed by atoms with E-state index in [1.807, 2.05) is 47.3 Å². The summed E-state index contributed by atoms with van der Waals surface area (Å²) in [7, 11) is 0. The topological polar surface area (TPSA) is 59.8 Å². The molecular formula is C18H18N4OS. The SMILES string of the molecule is CCSc1ccc(C(=O)Nc2ccccc2Cn2cccn2)cn1. The number of anilines is 1. The molecule has 1 N–H and O–H groups in total. The van der Waals surface area contributed by atoms with Gasteiger partial charge >= 0.3 is 0 Å². The van der Waals surface area contributed by atoms with Crippen LogP contribution in [0.4, 0.5) is 5.69 Å². The van der Waals surface area contributed by atoms with Crippen molar-refractivity contribution in [3.63, 3.8) is 0 Å². The van der Waals surface area contributed by atoms with Crippen molar-refractivity contribution in [1.29, 1.82) is 0 Å². The number of nitrogens with one attached hydrogen (secondary N) is 1. The molecule has 3 rings (SSSR count). The molecule has 0 aliphatic carbocycles. The molecule has 0 unspecified atom stereocenters. The Labute approximate surface area is 145 Å². The lowest BCUT2D eigenvalue weighted by atomic mass is 10.1. The number of carbonyl (C=O) groups is 1. The largest absolute Gasteiger partial charge is 0.322 e. The van der Waals surface area contributed by atoms with E-state index in [4.69, 9.17) is 0 Å². The Kier molecular flexibility index (Phi) is 5.28. The first kappa shape index (κ1) is 16.3. The van der Waals surface area contributed by atoms with Gasteiger partial charge in [0.2, 0.25) is 0 Å². The minimum atomic E-state index is -0.163. The van der Waals surface area contributed by atoms with E-state index in [-0.39, 0.29) is 5.91 Å². The molecule has 0 radical (unpaired) electrons. The van der Waals surface area contributed by atoms with E-state index in [9.17, 15) is 4.79 Å². The number of amides is 1. The van der Waals surface area contributed by atoms with Gasteiger partial charge in [0.05, 0.1) is 17.1 Å². The fraction of sp³-hybridized carbons (Fsp3) is 0.167. The van der Waals surface area contributed by atoms with E-state index in [2.05, 4.69) is 22.3 Å². The lowest BCUT2D eigenvalue weighted by Crippen LogP contribution is -2.14. The summed E-state index contributed by atoms with van der Waals surface area (Å²) in [4.78, 5) is 16.8. The van der Waals surface area contributed by atoms with Crippen LogP contribution in [0.25, 0.3) is 0 Å². The fourth-order valence-corrected chi connectivity index (χ4v) is 2.88. The van der Waals surface area contributed by atoms with Gasteiger partial charge in [0, 0.05) is 24.3 Å². The summed E-state index contributed by atoms with van der Waals surface area (Å²) in [5.41, 5.74) is 2.33.